The summed E-state index contributed by atoms with van der Waals surface area (Å²) in [5.41, 5.74) is -1.27. The van der Waals surface area contributed by atoms with E-state index in [1.54, 1.807) is 0 Å². The van der Waals surface area contributed by atoms with Gasteiger partial charge in [-0.2, -0.15) is 5.26 Å². The number of nitrogens with zero attached hydrogens (tertiary/aromatic N) is 3. The minimum absolute atomic E-state index is 0.0192. The maximum Gasteiger partial charge on any atom is 0.160 e. The van der Waals surface area contributed by atoms with Gasteiger partial charge in [-0.1, -0.05) is 0 Å². The lowest BCUT2D eigenvalue weighted by molar-refractivity contribution is 0.0527. The van der Waals surface area contributed by atoms with Gasteiger partial charge in [0.15, 0.2) is 5.82 Å². The van der Waals surface area contributed by atoms with Gasteiger partial charge in [-0.05, 0) is 22.9 Å². The van der Waals surface area contributed by atoms with Gasteiger partial charge in [0.2, 0.25) is 0 Å². The average Bonchev–Trinajstić information content (AvgIpc) is 2.05. The van der Waals surface area contributed by atoms with Crippen molar-refractivity contribution in [1.29, 1.82) is 5.26 Å². The molecule has 0 unspecified atom stereocenters. The van der Waals surface area contributed by atoms with E-state index in [4.69, 9.17) is 5.26 Å². The van der Waals surface area contributed by atoms with Crippen LogP contribution in [0.4, 0.5) is 0 Å². The second-order valence-electron chi connectivity index (χ2n) is 2.83. The predicted octanol–water partition coefficient (Wildman–Crippen LogP) is 1.36. The van der Waals surface area contributed by atoms with Crippen LogP contribution in [-0.4, -0.2) is 15.1 Å². The van der Waals surface area contributed by atoms with E-state index in [1.807, 2.05) is 6.07 Å². The van der Waals surface area contributed by atoms with E-state index in [9.17, 15) is 5.11 Å². The van der Waals surface area contributed by atoms with Gasteiger partial charge in [-0.25, -0.2) is 9.97 Å². The molecule has 1 aromatic rings. The Morgan fingerprint density at radius 1 is 1.62 bits per heavy atom. The Hall–Kier alpha value is -0.990. The third-order valence-corrected chi connectivity index (χ3v) is 1.93. The fourth-order valence-corrected chi connectivity index (χ4v) is 1.03. The molecule has 0 aromatic carbocycles. The van der Waals surface area contributed by atoms with Crippen molar-refractivity contribution in [3.63, 3.8) is 0 Å². The average molecular weight is 242 g/mol. The number of aliphatic hydroxyl groups is 1. The number of rotatable bonds is 2. The minimum Gasteiger partial charge on any atom is -0.381 e. The number of nitriles is 1. The van der Waals surface area contributed by atoms with E-state index in [1.165, 1.54) is 19.3 Å². The quantitative estimate of drug-likeness (QED) is 0.849. The lowest BCUT2D eigenvalue weighted by Gasteiger charge is -2.17. The molecule has 1 rings (SSSR count). The third-order valence-electron chi connectivity index (χ3n) is 1.53. The van der Waals surface area contributed by atoms with E-state index in [2.05, 4.69) is 25.9 Å². The maximum absolute atomic E-state index is 9.71. The van der Waals surface area contributed by atoms with Crippen molar-refractivity contribution in [3.05, 3.63) is 22.7 Å². The molecule has 0 radical (unpaired) electrons. The Morgan fingerprint density at radius 3 is 2.62 bits per heavy atom. The molecule has 0 fully saturated rings. The second-order valence-corrected chi connectivity index (χ2v) is 3.75. The van der Waals surface area contributed by atoms with E-state index in [-0.39, 0.29) is 12.2 Å². The summed E-state index contributed by atoms with van der Waals surface area (Å²) in [5.74, 6) is 0.261. The molecular formula is C8H8BrN3O. The Morgan fingerprint density at radius 2 is 2.15 bits per heavy atom. The predicted molar refractivity (Wildman–Crippen MR) is 49.5 cm³/mol. The van der Waals surface area contributed by atoms with Gasteiger partial charge in [-0.3, -0.25) is 0 Å². The Balaban J connectivity index is 2.95. The minimum atomic E-state index is -1.27. The van der Waals surface area contributed by atoms with Crippen LogP contribution in [0.2, 0.25) is 0 Å². The normalized spacial score (nSPS) is 14.6. The Labute approximate surface area is 84.4 Å². The van der Waals surface area contributed by atoms with Gasteiger partial charge in [-0.15, -0.1) is 0 Å². The molecule has 0 spiro atoms. The van der Waals surface area contributed by atoms with Crippen molar-refractivity contribution in [2.75, 3.05) is 0 Å². The van der Waals surface area contributed by atoms with Gasteiger partial charge in [0.1, 0.15) is 5.60 Å². The Bertz CT molecular complexity index is 328. The highest BCUT2D eigenvalue weighted by atomic mass is 79.9. The molecule has 0 saturated carbocycles. The first kappa shape index (κ1) is 10.1. The molecule has 0 aliphatic rings. The Kier molecular flexibility index (Phi) is 2.96. The van der Waals surface area contributed by atoms with Crippen molar-refractivity contribution in [3.8, 4) is 6.07 Å². The lowest BCUT2D eigenvalue weighted by Crippen LogP contribution is -2.23. The molecule has 4 nitrogen and oxygen atoms in total. The molecule has 0 aliphatic carbocycles. The van der Waals surface area contributed by atoms with Crippen LogP contribution in [0, 0.1) is 11.3 Å². The molecule has 13 heavy (non-hydrogen) atoms. The molecule has 0 bridgehead atoms. The zero-order valence-corrected chi connectivity index (χ0v) is 8.61. The standard InChI is InChI=1S/C8H8BrN3O/c1-8(13,2-3-10)7-11-4-6(9)5-12-7/h4-5,13H,2H2,1H3/t8-/m1/s1. The van der Waals surface area contributed by atoms with Crippen molar-refractivity contribution >= 4 is 15.9 Å². The van der Waals surface area contributed by atoms with Gasteiger partial charge < -0.3 is 5.11 Å². The van der Waals surface area contributed by atoms with Crippen LogP contribution in [0.5, 0.6) is 0 Å². The first-order chi connectivity index (χ1) is 6.06. The fraction of sp³-hybridized carbons (Fsp3) is 0.375. The summed E-state index contributed by atoms with van der Waals surface area (Å²) in [4.78, 5) is 7.82. The molecule has 1 heterocycles. The number of halogens is 1. The second kappa shape index (κ2) is 3.81. The third kappa shape index (κ3) is 2.47. The van der Waals surface area contributed by atoms with Gasteiger partial charge >= 0.3 is 0 Å². The molecule has 1 N–H and O–H groups in total. The maximum atomic E-state index is 9.71. The molecule has 5 heteroatoms. The summed E-state index contributed by atoms with van der Waals surface area (Å²) < 4.78 is 0.740. The SMILES string of the molecule is C[C@@](O)(CC#N)c1ncc(Br)cn1. The summed E-state index contributed by atoms with van der Waals surface area (Å²) in [6, 6.07) is 1.88. The van der Waals surface area contributed by atoms with Crippen molar-refractivity contribution in [1.82, 2.24) is 9.97 Å². The van der Waals surface area contributed by atoms with Crippen molar-refractivity contribution in [2.24, 2.45) is 0 Å². The molecule has 68 valence electrons. The van der Waals surface area contributed by atoms with Crippen LogP contribution in [0.25, 0.3) is 0 Å². The summed E-state index contributed by atoms with van der Waals surface area (Å²) >= 11 is 3.18. The first-order valence-corrected chi connectivity index (χ1v) is 4.43. The zero-order chi connectivity index (χ0) is 9.90. The van der Waals surface area contributed by atoms with E-state index in [0.717, 1.165) is 4.47 Å². The number of hydrogen-bond donors (Lipinski definition) is 1. The first-order valence-electron chi connectivity index (χ1n) is 3.63. The fourth-order valence-electron chi connectivity index (χ4n) is 0.823. The number of hydrogen-bond acceptors (Lipinski definition) is 4. The molecule has 0 amide bonds. The van der Waals surface area contributed by atoms with Crippen LogP contribution in [0.1, 0.15) is 19.2 Å². The van der Waals surface area contributed by atoms with Gasteiger partial charge in [0.05, 0.1) is 17.0 Å². The summed E-state index contributed by atoms with van der Waals surface area (Å²) in [6.45, 7) is 1.51. The molecule has 0 saturated heterocycles. The molecule has 1 atom stereocenters. The van der Waals surface area contributed by atoms with Gasteiger partial charge in [0.25, 0.3) is 0 Å². The highest BCUT2D eigenvalue weighted by Gasteiger charge is 2.25. The summed E-state index contributed by atoms with van der Waals surface area (Å²) in [6.07, 6.45) is 3.05. The van der Waals surface area contributed by atoms with E-state index in [0.29, 0.717) is 0 Å². The smallest absolute Gasteiger partial charge is 0.160 e. The van der Waals surface area contributed by atoms with Crippen LogP contribution in [0.3, 0.4) is 0 Å². The summed E-state index contributed by atoms with van der Waals surface area (Å²) in [5, 5.41) is 18.2. The lowest BCUT2D eigenvalue weighted by atomic mass is 10.0. The highest BCUT2D eigenvalue weighted by Crippen LogP contribution is 2.20. The zero-order valence-electron chi connectivity index (χ0n) is 7.03. The molecular weight excluding hydrogens is 234 g/mol. The van der Waals surface area contributed by atoms with Crippen molar-refractivity contribution in [2.45, 2.75) is 18.9 Å². The van der Waals surface area contributed by atoms with Crippen LogP contribution >= 0.6 is 15.9 Å². The largest absolute Gasteiger partial charge is 0.381 e. The van der Waals surface area contributed by atoms with Crippen LogP contribution < -0.4 is 0 Å². The van der Waals surface area contributed by atoms with Crippen molar-refractivity contribution < 1.29 is 5.11 Å². The van der Waals surface area contributed by atoms with Gasteiger partial charge in [0, 0.05) is 12.4 Å². The highest BCUT2D eigenvalue weighted by molar-refractivity contribution is 9.10. The number of aromatic nitrogens is 2. The van der Waals surface area contributed by atoms with E-state index >= 15 is 0 Å². The topological polar surface area (TPSA) is 69.8 Å². The van der Waals surface area contributed by atoms with E-state index < -0.39 is 5.60 Å². The monoisotopic (exact) mass is 241 g/mol. The molecule has 0 aliphatic heterocycles. The molecule has 1 aromatic heterocycles. The summed E-state index contributed by atoms with van der Waals surface area (Å²) in [7, 11) is 0. The van der Waals surface area contributed by atoms with Crippen LogP contribution in [0.15, 0.2) is 16.9 Å². The van der Waals surface area contributed by atoms with Crippen LogP contribution in [-0.2, 0) is 5.60 Å².